The van der Waals surface area contributed by atoms with Gasteiger partial charge in [0.2, 0.25) is 5.91 Å². The first-order chi connectivity index (χ1) is 9.54. The van der Waals surface area contributed by atoms with Crippen molar-refractivity contribution in [1.82, 2.24) is 10.5 Å². The molecule has 2 rings (SSSR count). The third-order valence-corrected chi connectivity index (χ3v) is 2.80. The first kappa shape index (κ1) is 14.2. The normalized spacial score (nSPS) is 12.2. The van der Waals surface area contributed by atoms with Crippen molar-refractivity contribution in [2.24, 2.45) is 0 Å². The molecule has 0 saturated heterocycles. The molecule has 0 aliphatic heterocycles. The molecular formula is C14H16FN3O2. The summed E-state index contributed by atoms with van der Waals surface area (Å²) in [5.74, 6) is 0.538. The lowest BCUT2D eigenvalue weighted by Crippen LogP contribution is -2.37. The van der Waals surface area contributed by atoms with Crippen LogP contribution < -0.4 is 10.6 Å². The van der Waals surface area contributed by atoms with E-state index >= 15 is 0 Å². The fourth-order valence-electron chi connectivity index (χ4n) is 1.63. The smallest absolute Gasteiger partial charge is 0.242 e. The quantitative estimate of drug-likeness (QED) is 0.879. The van der Waals surface area contributed by atoms with Crippen LogP contribution in [0, 0.1) is 12.7 Å². The van der Waals surface area contributed by atoms with Crippen LogP contribution in [0.3, 0.4) is 0 Å². The van der Waals surface area contributed by atoms with Crippen molar-refractivity contribution in [1.29, 1.82) is 0 Å². The van der Waals surface area contributed by atoms with Crippen LogP contribution in [0.25, 0.3) is 0 Å². The van der Waals surface area contributed by atoms with Crippen LogP contribution >= 0.6 is 0 Å². The Bertz CT molecular complexity index is 580. The van der Waals surface area contributed by atoms with E-state index in [4.69, 9.17) is 4.52 Å². The highest BCUT2D eigenvalue weighted by atomic mass is 19.1. The molecule has 20 heavy (non-hydrogen) atoms. The molecule has 0 bridgehead atoms. The summed E-state index contributed by atoms with van der Waals surface area (Å²) in [5, 5.41) is 9.38. The number of aryl methyl sites for hydroxylation is 1. The fourth-order valence-corrected chi connectivity index (χ4v) is 1.63. The number of benzene rings is 1. The van der Waals surface area contributed by atoms with Gasteiger partial charge in [-0.1, -0.05) is 17.3 Å². The molecule has 2 aromatic rings. The highest BCUT2D eigenvalue weighted by molar-refractivity contribution is 5.93. The van der Waals surface area contributed by atoms with Gasteiger partial charge in [-0.3, -0.25) is 4.79 Å². The molecule has 0 aliphatic carbocycles. The van der Waals surface area contributed by atoms with E-state index in [2.05, 4.69) is 15.8 Å². The summed E-state index contributed by atoms with van der Waals surface area (Å²) in [6, 6.07) is 7.36. The van der Waals surface area contributed by atoms with Crippen LogP contribution in [0.4, 0.5) is 10.2 Å². The van der Waals surface area contributed by atoms with Crippen LogP contribution in [0.5, 0.6) is 0 Å². The number of rotatable bonds is 5. The summed E-state index contributed by atoms with van der Waals surface area (Å²) in [6.07, 6.45) is 0. The van der Waals surface area contributed by atoms with Gasteiger partial charge in [-0.15, -0.1) is 0 Å². The number of hydrogen-bond acceptors (Lipinski definition) is 4. The largest absolute Gasteiger partial charge is 0.360 e. The van der Waals surface area contributed by atoms with E-state index < -0.39 is 6.04 Å². The molecule has 1 aromatic carbocycles. The molecule has 1 heterocycles. The second kappa shape index (κ2) is 6.29. The van der Waals surface area contributed by atoms with Crippen molar-refractivity contribution in [3.8, 4) is 0 Å². The number of nitrogens with one attached hydrogen (secondary N) is 2. The minimum atomic E-state index is -0.406. The van der Waals surface area contributed by atoms with Gasteiger partial charge in [0.05, 0.1) is 6.04 Å². The lowest BCUT2D eigenvalue weighted by atomic mass is 10.2. The number of nitrogens with zero attached hydrogens (tertiary/aromatic N) is 1. The average molecular weight is 277 g/mol. The third kappa shape index (κ3) is 3.89. The summed E-state index contributed by atoms with van der Waals surface area (Å²) in [4.78, 5) is 11.9. The van der Waals surface area contributed by atoms with Crippen molar-refractivity contribution in [2.45, 2.75) is 26.4 Å². The molecule has 6 heteroatoms. The predicted molar refractivity (Wildman–Crippen MR) is 72.6 cm³/mol. The van der Waals surface area contributed by atoms with Gasteiger partial charge in [0.1, 0.15) is 11.6 Å². The summed E-state index contributed by atoms with van der Waals surface area (Å²) >= 11 is 0. The van der Waals surface area contributed by atoms with Crippen LogP contribution in [-0.4, -0.2) is 17.1 Å². The summed E-state index contributed by atoms with van der Waals surface area (Å²) in [5.41, 5.74) is 0.906. The van der Waals surface area contributed by atoms with Gasteiger partial charge in [0.25, 0.3) is 0 Å². The van der Waals surface area contributed by atoms with Crippen LogP contribution in [0.1, 0.15) is 18.2 Å². The van der Waals surface area contributed by atoms with Crippen LogP contribution in [-0.2, 0) is 11.3 Å². The van der Waals surface area contributed by atoms with E-state index in [0.29, 0.717) is 18.1 Å². The zero-order chi connectivity index (χ0) is 14.5. The van der Waals surface area contributed by atoms with Gasteiger partial charge in [-0.05, 0) is 31.5 Å². The van der Waals surface area contributed by atoms with Crippen molar-refractivity contribution in [3.05, 3.63) is 47.5 Å². The fraction of sp³-hybridized carbons (Fsp3) is 0.286. The highest BCUT2D eigenvalue weighted by Gasteiger charge is 2.14. The van der Waals surface area contributed by atoms with Gasteiger partial charge < -0.3 is 15.2 Å². The Morgan fingerprint density at radius 1 is 1.40 bits per heavy atom. The van der Waals surface area contributed by atoms with Crippen molar-refractivity contribution >= 4 is 11.7 Å². The summed E-state index contributed by atoms with van der Waals surface area (Å²) in [6.45, 7) is 3.97. The lowest BCUT2D eigenvalue weighted by molar-refractivity contribution is -0.117. The van der Waals surface area contributed by atoms with Crippen LogP contribution in [0.2, 0.25) is 0 Å². The van der Waals surface area contributed by atoms with E-state index in [1.807, 2.05) is 0 Å². The Balaban J connectivity index is 1.83. The number of carbonyl (C=O) groups excluding carboxylic acids is 1. The SMILES string of the molecule is Cc1cc(NC(=O)C(C)NCc2ccc(F)cc2)no1. The maximum Gasteiger partial charge on any atom is 0.242 e. The molecule has 1 atom stereocenters. The van der Waals surface area contributed by atoms with Gasteiger partial charge in [0, 0.05) is 12.6 Å². The molecule has 1 unspecified atom stereocenters. The Morgan fingerprint density at radius 2 is 2.10 bits per heavy atom. The molecule has 0 spiro atoms. The first-order valence-corrected chi connectivity index (χ1v) is 6.26. The topological polar surface area (TPSA) is 67.2 Å². The monoisotopic (exact) mass is 277 g/mol. The Hall–Kier alpha value is -2.21. The molecule has 1 amide bonds. The van der Waals surface area contributed by atoms with Gasteiger partial charge >= 0.3 is 0 Å². The number of anilines is 1. The molecule has 0 fully saturated rings. The third-order valence-electron chi connectivity index (χ3n) is 2.80. The van der Waals surface area contributed by atoms with E-state index in [1.165, 1.54) is 12.1 Å². The van der Waals surface area contributed by atoms with E-state index in [0.717, 1.165) is 5.56 Å². The standard InChI is InChI=1S/C14H16FN3O2/c1-9-7-13(18-20-9)17-14(19)10(2)16-8-11-3-5-12(15)6-4-11/h3-7,10,16H,8H2,1-2H3,(H,17,18,19). The Kier molecular flexibility index (Phi) is 4.47. The Morgan fingerprint density at radius 3 is 2.70 bits per heavy atom. The van der Waals surface area contributed by atoms with Gasteiger partial charge in [0.15, 0.2) is 5.82 Å². The minimum absolute atomic E-state index is 0.208. The number of hydrogen-bond donors (Lipinski definition) is 2. The number of carbonyl (C=O) groups is 1. The molecule has 0 saturated carbocycles. The zero-order valence-electron chi connectivity index (χ0n) is 11.3. The number of amides is 1. The van der Waals surface area contributed by atoms with E-state index in [1.54, 1.807) is 32.0 Å². The summed E-state index contributed by atoms with van der Waals surface area (Å²) in [7, 11) is 0. The van der Waals surface area contributed by atoms with E-state index in [9.17, 15) is 9.18 Å². The second-order valence-corrected chi connectivity index (χ2v) is 4.54. The number of aromatic nitrogens is 1. The van der Waals surface area contributed by atoms with Crippen molar-refractivity contribution in [2.75, 3.05) is 5.32 Å². The van der Waals surface area contributed by atoms with Gasteiger partial charge in [-0.25, -0.2) is 4.39 Å². The van der Waals surface area contributed by atoms with Gasteiger partial charge in [-0.2, -0.15) is 0 Å². The lowest BCUT2D eigenvalue weighted by Gasteiger charge is -2.12. The number of halogens is 1. The van der Waals surface area contributed by atoms with Crippen molar-refractivity contribution < 1.29 is 13.7 Å². The van der Waals surface area contributed by atoms with Crippen LogP contribution in [0.15, 0.2) is 34.9 Å². The van der Waals surface area contributed by atoms with Crippen molar-refractivity contribution in [3.63, 3.8) is 0 Å². The molecule has 2 N–H and O–H groups in total. The maximum absolute atomic E-state index is 12.8. The molecule has 0 radical (unpaired) electrons. The second-order valence-electron chi connectivity index (χ2n) is 4.54. The first-order valence-electron chi connectivity index (χ1n) is 6.26. The Labute approximate surface area is 116 Å². The predicted octanol–water partition coefficient (Wildman–Crippen LogP) is 2.24. The molecule has 0 aliphatic rings. The maximum atomic E-state index is 12.8. The average Bonchev–Trinajstić information content (AvgIpc) is 2.83. The molecule has 106 valence electrons. The zero-order valence-corrected chi connectivity index (χ0v) is 11.3. The minimum Gasteiger partial charge on any atom is -0.360 e. The molecule has 5 nitrogen and oxygen atoms in total. The highest BCUT2D eigenvalue weighted by Crippen LogP contribution is 2.07. The molecule has 1 aromatic heterocycles. The summed E-state index contributed by atoms with van der Waals surface area (Å²) < 4.78 is 17.6. The molecular weight excluding hydrogens is 261 g/mol. The van der Waals surface area contributed by atoms with E-state index in [-0.39, 0.29) is 11.7 Å².